The maximum Gasteiger partial charge on any atom is 0.270 e. The molecule has 5 heteroatoms. The molecule has 2 aromatic rings. The lowest BCUT2D eigenvalue weighted by Crippen LogP contribution is -2.41. The van der Waals surface area contributed by atoms with Crippen molar-refractivity contribution in [2.45, 2.75) is 0 Å². The van der Waals surface area contributed by atoms with Crippen LogP contribution in [-0.2, 0) is 4.74 Å². The van der Waals surface area contributed by atoms with E-state index >= 15 is 0 Å². The molecule has 0 bridgehead atoms. The quantitative estimate of drug-likeness (QED) is 0.846. The van der Waals surface area contributed by atoms with E-state index in [0.717, 1.165) is 10.2 Å². The molecule has 1 aromatic heterocycles. The van der Waals surface area contributed by atoms with Gasteiger partial charge in [-0.2, -0.15) is 0 Å². The van der Waals surface area contributed by atoms with Gasteiger partial charge < -0.3 is 14.2 Å². The van der Waals surface area contributed by atoms with Gasteiger partial charge in [-0.3, -0.25) is 4.79 Å². The third-order valence-electron chi connectivity index (χ3n) is 3.37. The molecule has 0 aliphatic carbocycles. The summed E-state index contributed by atoms with van der Waals surface area (Å²) in [5, 5.41) is 0. The lowest BCUT2D eigenvalue weighted by molar-refractivity contribution is 0.0297. The molecule has 3 rings (SSSR count). The Morgan fingerprint density at radius 2 is 1.80 bits per heavy atom. The van der Waals surface area contributed by atoms with Crippen molar-refractivity contribution in [1.82, 2.24) is 9.47 Å². The average molecular weight is 335 g/mol. The number of nitrogens with zero attached hydrogens (tertiary/aromatic N) is 2. The van der Waals surface area contributed by atoms with Crippen LogP contribution in [0.5, 0.6) is 0 Å². The lowest BCUT2D eigenvalue weighted by atomic mass is 10.3. The van der Waals surface area contributed by atoms with E-state index in [-0.39, 0.29) is 5.91 Å². The topological polar surface area (TPSA) is 34.5 Å². The molecule has 20 heavy (non-hydrogen) atoms. The fourth-order valence-corrected chi connectivity index (χ4v) is 2.57. The van der Waals surface area contributed by atoms with Crippen LogP contribution in [0, 0.1) is 0 Å². The molecule has 4 nitrogen and oxygen atoms in total. The van der Waals surface area contributed by atoms with E-state index in [4.69, 9.17) is 4.74 Å². The summed E-state index contributed by atoms with van der Waals surface area (Å²) < 4.78 is 8.23. The summed E-state index contributed by atoms with van der Waals surface area (Å²) in [4.78, 5) is 14.4. The van der Waals surface area contributed by atoms with Crippen LogP contribution in [0.15, 0.2) is 47.1 Å². The van der Waals surface area contributed by atoms with E-state index in [0.29, 0.717) is 32.0 Å². The highest BCUT2D eigenvalue weighted by Gasteiger charge is 2.21. The standard InChI is InChI=1S/C15H15BrN2O2/c16-12-3-5-13(6-4-12)18-7-1-2-14(18)15(19)17-8-10-20-11-9-17/h1-7H,8-11H2. The van der Waals surface area contributed by atoms with Crippen molar-refractivity contribution in [3.63, 3.8) is 0 Å². The number of halogens is 1. The molecular weight excluding hydrogens is 320 g/mol. The third-order valence-corrected chi connectivity index (χ3v) is 3.90. The summed E-state index contributed by atoms with van der Waals surface area (Å²) in [5.74, 6) is 0.0567. The van der Waals surface area contributed by atoms with Crippen molar-refractivity contribution < 1.29 is 9.53 Å². The smallest absolute Gasteiger partial charge is 0.270 e. The first-order valence-electron chi connectivity index (χ1n) is 6.56. The number of ether oxygens (including phenoxy) is 1. The van der Waals surface area contributed by atoms with Crippen LogP contribution < -0.4 is 0 Å². The van der Waals surface area contributed by atoms with E-state index in [1.54, 1.807) is 0 Å². The van der Waals surface area contributed by atoms with E-state index in [1.165, 1.54) is 0 Å². The molecule has 104 valence electrons. The zero-order chi connectivity index (χ0) is 13.9. The number of carbonyl (C=O) groups is 1. The third kappa shape index (κ3) is 2.64. The highest BCUT2D eigenvalue weighted by atomic mass is 79.9. The molecule has 0 N–H and O–H groups in total. The van der Waals surface area contributed by atoms with Crippen molar-refractivity contribution in [3.05, 3.63) is 52.8 Å². The molecule has 1 amide bonds. The number of amides is 1. The Morgan fingerprint density at radius 3 is 2.50 bits per heavy atom. The monoisotopic (exact) mass is 334 g/mol. The van der Waals surface area contributed by atoms with Crippen LogP contribution in [0.1, 0.15) is 10.5 Å². The van der Waals surface area contributed by atoms with Crippen molar-refractivity contribution in [2.24, 2.45) is 0 Å². The fraction of sp³-hybridized carbons (Fsp3) is 0.267. The van der Waals surface area contributed by atoms with Crippen molar-refractivity contribution in [3.8, 4) is 5.69 Å². The van der Waals surface area contributed by atoms with Gasteiger partial charge in [0.1, 0.15) is 5.69 Å². The minimum Gasteiger partial charge on any atom is -0.378 e. The summed E-state index contributed by atoms with van der Waals surface area (Å²) in [6.07, 6.45) is 1.91. The molecule has 1 aromatic carbocycles. The van der Waals surface area contributed by atoms with Gasteiger partial charge in [-0.05, 0) is 36.4 Å². The molecule has 1 saturated heterocycles. The van der Waals surface area contributed by atoms with Crippen molar-refractivity contribution in [1.29, 1.82) is 0 Å². The van der Waals surface area contributed by atoms with Crippen LogP contribution in [-0.4, -0.2) is 41.7 Å². The van der Waals surface area contributed by atoms with Gasteiger partial charge in [-0.15, -0.1) is 0 Å². The van der Waals surface area contributed by atoms with Gasteiger partial charge >= 0.3 is 0 Å². The minimum atomic E-state index is 0.0567. The van der Waals surface area contributed by atoms with E-state index < -0.39 is 0 Å². The average Bonchev–Trinajstić information content (AvgIpc) is 2.97. The van der Waals surface area contributed by atoms with Gasteiger partial charge in [0.2, 0.25) is 0 Å². The molecule has 1 fully saturated rings. The second-order valence-electron chi connectivity index (χ2n) is 4.64. The van der Waals surface area contributed by atoms with Crippen LogP contribution in [0.4, 0.5) is 0 Å². The Bertz CT molecular complexity index is 601. The van der Waals surface area contributed by atoms with Gasteiger partial charge in [-0.25, -0.2) is 0 Å². The predicted molar refractivity (Wildman–Crippen MR) is 80.2 cm³/mol. The Morgan fingerprint density at radius 1 is 1.10 bits per heavy atom. The summed E-state index contributed by atoms with van der Waals surface area (Å²) >= 11 is 3.42. The number of morpholine rings is 1. The molecule has 0 atom stereocenters. The first-order chi connectivity index (χ1) is 9.75. The highest BCUT2D eigenvalue weighted by Crippen LogP contribution is 2.18. The van der Waals surface area contributed by atoms with Crippen molar-refractivity contribution >= 4 is 21.8 Å². The SMILES string of the molecule is O=C(c1cccn1-c1ccc(Br)cc1)N1CCOCC1. The lowest BCUT2D eigenvalue weighted by Gasteiger charge is -2.27. The molecule has 0 unspecified atom stereocenters. The number of hydrogen-bond acceptors (Lipinski definition) is 2. The van der Waals surface area contributed by atoms with Crippen LogP contribution in [0.2, 0.25) is 0 Å². The first-order valence-corrected chi connectivity index (χ1v) is 7.35. The number of aromatic nitrogens is 1. The summed E-state index contributed by atoms with van der Waals surface area (Å²) in [7, 11) is 0. The molecule has 1 aliphatic rings. The zero-order valence-electron chi connectivity index (χ0n) is 11.0. The van der Waals surface area contributed by atoms with E-state index in [2.05, 4.69) is 15.9 Å². The highest BCUT2D eigenvalue weighted by molar-refractivity contribution is 9.10. The number of rotatable bonds is 2. The molecule has 0 saturated carbocycles. The Hall–Kier alpha value is -1.59. The second kappa shape index (κ2) is 5.81. The summed E-state index contributed by atoms with van der Waals surface area (Å²) in [6.45, 7) is 2.55. The Balaban J connectivity index is 1.89. The molecule has 0 spiro atoms. The van der Waals surface area contributed by atoms with Crippen molar-refractivity contribution in [2.75, 3.05) is 26.3 Å². The zero-order valence-corrected chi connectivity index (χ0v) is 12.5. The maximum atomic E-state index is 12.6. The van der Waals surface area contributed by atoms with Gasteiger partial charge in [0.15, 0.2) is 0 Å². The fourth-order valence-electron chi connectivity index (χ4n) is 2.31. The summed E-state index contributed by atoms with van der Waals surface area (Å²) in [5.41, 5.74) is 1.67. The van der Waals surface area contributed by atoms with E-state index in [1.807, 2.05) is 52.1 Å². The normalized spacial score (nSPS) is 15.3. The first kappa shape index (κ1) is 13.4. The van der Waals surface area contributed by atoms with Crippen LogP contribution in [0.25, 0.3) is 5.69 Å². The van der Waals surface area contributed by atoms with Crippen LogP contribution >= 0.6 is 15.9 Å². The molecule has 2 heterocycles. The van der Waals surface area contributed by atoms with E-state index in [9.17, 15) is 4.79 Å². The second-order valence-corrected chi connectivity index (χ2v) is 5.56. The van der Waals surface area contributed by atoms with Crippen LogP contribution in [0.3, 0.4) is 0 Å². The molecular formula is C15H15BrN2O2. The minimum absolute atomic E-state index is 0.0567. The van der Waals surface area contributed by atoms with Gasteiger partial charge in [0.25, 0.3) is 5.91 Å². The number of benzene rings is 1. The predicted octanol–water partition coefficient (Wildman–Crippen LogP) is 2.71. The molecule has 0 radical (unpaired) electrons. The maximum absolute atomic E-state index is 12.6. The largest absolute Gasteiger partial charge is 0.378 e. The van der Waals surface area contributed by atoms with Gasteiger partial charge in [-0.1, -0.05) is 15.9 Å². The number of hydrogen-bond donors (Lipinski definition) is 0. The number of carbonyl (C=O) groups excluding carboxylic acids is 1. The summed E-state index contributed by atoms with van der Waals surface area (Å²) in [6, 6.07) is 11.7. The molecule has 1 aliphatic heterocycles. The Labute approximate surface area is 126 Å². The van der Waals surface area contributed by atoms with Gasteiger partial charge in [0, 0.05) is 29.4 Å². The van der Waals surface area contributed by atoms with Gasteiger partial charge in [0.05, 0.1) is 13.2 Å². The Kier molecular flexibility index (Phi) is 3.89.